The summed E-state index contributed by atoms with van der Waals surface area (Å²) in [7, 11) is 3.90. The Labute approximate surface area is 251 Å². The van der Waals surface area contributed by atoms with Crippen molar-refractivity contribution in [2.75, 3.05) is 69.0 Å². The van der Waals surface area contributed by atoms with Gasteiger partial charge in [0.25, 0.3) is 5.91 Å². The zero-order chi connectivity index (χ0) is 30.2. The number of urea groups is 1. The highest BCUT2D eigenvalue weighted by Crippen LogP contribution is 2.25. The fourth-order valence-electron chi connectivity index (χ4n) is 4.43. The van der Waals surface area contributed by atoms with Crippen molar-refractivity contribution in [3.63, 3.8) is 0 Å². The van der Waals surface area contributed by atoms with Gasteiger partial charge < -0.3 is 30.5 Å². The van der Waals surface area contributed by atoms with Crippen molar-refractivity contribution < 1.29 is 14.3 Å². The number of likely N-dealkylation sites (N-methyl/N-ethyl adjacent to an activating group) is 1. The van der Waals surface area contributed by atoms with Crippen LogP contribution >= 0.6 is 0 Å². The molecule has 4 aromatic rings. The number of hydrogen-bond donors (Lipinski definition) is 3. The first-order valence-electron chi connectivity index (χ1n) is 14.2. The van der Waals surface area contributed by atoms with Gasteiger partial charge in [0, 0.05) is 54.2 Å². The molecule has 0 aliphatic carbocycles. The molecule has 1 aromatic heterocycles. The molecule has 3 N–H and O–H groups in total. The normalized spacial score (nSPS) is 13.1. The van der Waals surface area contributed by atoms with Crippen LogP contribution in [0.5, 0.6) is 0 Å². The fourth-order valence-corrected chi connectivity index (χ4v) is 4.43. The van der Waals surface area contributed by atoms with Gasteiger partial charge >= 0.3 is 6.03 Å². The summed E-state index contributed by atoms with van der Waals surface area (Å²) in [6, 6.07) is 21.8. The summed E-state index contributed by atoms with van der Waals surface area (Å²) in [5.41, 5.74) is 4.59. The monoisotopic (exact) mass is 580 g/mol. The van der Waals surface area contributed by atoms with Crippen LogP contribution in [0, 0.1) is 6.92 Å². The van der Waals surface area contributed by atoms with E-state index in [4.69, 9.17) is 19.7 Å². The quantitative estimate of drug-likeness (QED) is 0.268. The second kappa shape index (κ2) is 13.9. The van der Waals surface area contributed by atoms with Crippen molar-refractivity contribution >= 4 is 29.3 Å². The van der Waals surface area contributed by atoms with Crippen LogP contribution in [-0.4, -0.2) is 85.3 Å². The third kappa shape index (κ3) is 8.12. The van der Waals surface area contributed by atoms with Gasteiger partial charge in [-0.15, -0.1) is 0 Å². The van der Waals surface area contributed by atoms with Crippen molar-refractivity contribution in [3.05, 3.63) is 83.9 Å². The van der Waals surface area contributed by atoms with Crippen molar-refractivity contribution in [3.8, 4) is 22.8 Å². The summed E-state index contributed by atoms with van der Waals surface area (Å²) in [4.78, 5) is 43.4. The van der Waals surface area contributed by atoms with Crippen LogP contribution in [0.4, 0.5) is 22.1 Å². The Morgan fingerprint density at radius 2 is 1.33 bits per heavy atom. The Morgan fingerprint density at radius 3 is 1.88 bits per heavy atom. The summed E-state index contributed by atoms with van der Waals surface area (Å²) in [5, 5.41) is 8.51. The first kappa shape index (κ1) is 29.6. The minimum Gasteiger partial charge on any atom is -0.378 e. The molecule has 11 heteroatoms. The van der Waals surface area contributed by atoms with Crippen LogP contribution < -0.4 is 20.9 Å². The first-order valence-corrected chi connectivity index (χ1v) is 14.2. The highest BCUT2D eigenvalue weighted by Gasteiger charge is 2.18. The van der Waals surface area contributed by atoms with E-state index in [1.165, 1.54) is 0 Å². The highest BCUT2D eigenvalue weighted by molar-refractivity contribution is 6.00. The largest absolute Gasteiger partial charge is 0.378 e. The standard InChI is InChI=1S/C32H36N8O3/c1-22-4-6-23(7-5-22)28-36-29(38-31(37-28)40-18-20-43-21-19-40)24-8-12-26(13-9-24)34-32(42)35-27-14-10-25(11-15-27)30(41)33-16-17-39(2)3/h4-15H,16-21H2,1-3H3,(H,33,41)(H2,34,35,42). The summed E-state index contributed by atoms with van der Waals surface area (Å²) in [6.45, 7) is 6.03. The number of morpholine rings is 1. The van der Waals surface area contributed by atoms with Gasteiger partial charge in [0.05, 0.1) is 13.2 Å². The molecule has 0 saturated carbocycles. The number of benzene rings is 3. The van der Waals surface area contributed by atoms with Gasteiger partial charge in [-0.2, -0.15) is 9.97 Å². The lowest BCUT2D eigenvalue weighted by atomic mass is 10.1. The SMILES string of the molecule is Cc1ccc(-c2nc(-c3ccc(NC(=O)Nc4ccc(C(=O)NCCN(C)C)cc4)cc3)nc(N3CCOCC3)n2)cc1. The smallest absolute Gasteiger partial charge is 0.323 e. The maximum absolute atomic E-state index is 12.7. The summed E-state index contributed by atoms with van der Waals surface area (Å²) in [6.07, 6.45) is 0. The molecule has 1 saturated heterocycles. The van der Waals surface area contributed by atoms with E-state index < -0.39 is 6.03 Å². The Hall–Kier alpha value is -4.87. The van der Waals surface area contributed by atoms with Gasteiger partial charge in [0.15, 0.2) is 11.6 Å². The lowest BCUT2D eigenvalue weighted by molar-refractivity contribution is 0.0951. The number of rotatable bonds is 9. The molecule has 1 aliphatic heterocycles. The zero-order valence-corrected chi connectivity index (χ0v) is 24.6. The highest BCUT2D eigenvalue weighted by atomic mass is 16.5. The molecule has 222 valence electrons. The van der Waals surface area contributed by atoms with E-state index >= 15 is 0 Å². The molecule has 43 heavy (non-hydrogen) atoms. The van der Waals surface area contributed by atoms with Gasteiger partial charge in [0.2, 0.25) is 5.95 Å². The molecule has 3 aromatic carbocycles. The molecular formula is C32H36N8O3. The number of carbonyl (C=O) groups is 2. The topological polar surface area (TPSA) is 125 Å². The predicted octanol–water partition coefficient (Wildman–Crippen LogP) is 4.29. The molecule has 0 bridgehead atoms. The average Bonchev–Trinajstić information content (AvgIpc) is 3.02. The molecule has 2 heterocycles. The van der Waals surface area contributed by atoms with Crippen LogP contribution in [0.1, 0.15) is 15.9 Å². The molecule has 5 rings (SSSR count). The second-order valence-electron chi connectivity index (χ2n) is 10.5. The number of ether oxygens (including phenoxy) is 1. The Balaban J connectivity index is 1.25. The van der Waals surface area contributed by atoms with Crippen LogP contribution in [0.15, 0.2) is 72.8 Å². The van der Waals surface area contributed by atoms with E-state index in [0.29, 0.717) is 67.4 Å². The third-order valence-corrected chi connectivity index (χ3v) is 6.88. The molecule has 0 unspecified atom stereocenters. The number of nitrogens with zero attached hydrogens (tertiary/aromatic N) is 5. The Kier molecular flexibility index (Phi) is 9.55. The number of nitrogens with one attached hydrogen (secondary N) is 3. The van der Waals surface area contributed by atoms with E-state index in [9.17, 15) is 9.59 Å². The zero-order valence-electron chi connectivity index (χ0n) is 24.6. The van der Waals surface area contributed by atoms with E-state index in [0.717, 1.165) is 23.2 Å². The van der Waals surface area contributed by atoms with Crippen molar-refractivity contribution in [2.24, 2.45) is 0 Å². The van der Waals surface area contributed by atoms with Gasteiger partial charge in [-0.05, 0) is 69.6 Å². The van der Waals surface area contributed by atoms with E-state index in [2.05, 4.69) is 20.9 Å². The maximum Gasteiger partial charge on any atom is 0.323 e. The number of amides is 3. The van der Waals surface area contributed by atoms with E-state index in [1.807, 2.05) is 62.3 Å². The van der Waals surface area contributed by atoms with E-state index in [-0.39, 0.29) is 5.91 Å². The van der Waals surface area contributed by atoms with Gasteiger partial charge in [-0.1, -0.05) is 29.8 Å². The van der Waals surface area contributed by atoms with Crippen LogP contribution in [0.3, 0.4) is 0 Å². The van der Waals surface area contributed by atoms with Crippen molar-refractivity contribution in [1.82, 2.24) is 25.2 Å². The third-order valence-electron chi connectivity index (χ3n) is 6.88. The Bertz CT molecular complexity index is 1530. The molecular weight excluding hydrogens is 544 g/mol. The molecule has 1 aliphatic rings. The number of anilines is 3. The lowest BCUT2D eigenvalue weighted by Gasteiger charge is -2.27. The van der Waals surface area contributed by atoms with Crippen LogP contribution in [0.2, 0.25) is 0 Å². The van der Waals surface area contributed by atoms with Gasteiger partial charge in [0.1, 0.15) is 0 Å². The molecule has 0 atom stereocenters. The average molecular weight is 581 g/mol. The summed E-state index contributed by atoms with van der Waals surface area (Å²) < 4.78 is 5.51. The van der Waals surface area contributed by atoms with Gasteiger partial charge in [-0.3, -0.25) is 4.79 Å². The number of aryl methyl sites for hydroxylation is 1. The number of carbonyl (C=O) groups excluding carboxylic acids is 2. The predicted molar refractivity (Wildman–Crippen MR) is 168 cm³/mol. The van der Waals surface area contributed by atoms with Crippen LogP contribution in [0.25, 0.3) is 22.8 Å². The maximum atomic E-state index is 12.7. The minimum atomic E-state index is -0.396. The number of hydrogen-bond acceptors (Lipinski definition) is 8. The van der Waals surface area contributed by atoms with Crippen molar-refractivity contribution in [1.29, 1.82) is 0 Å². The summed E-state index contributed by atoms with van der Waals surface area (Å²) >= 11 is 0. The van der Waals surface area contributed by atoms with E-state index in [1.54, 1.807) is 36.4 Å². The lowest BCUT2D eigenvalue weighted by Crippen LogP contribution is -2.37. The molecule has 0 spiro atoms. The second-order valence-corrected chi connectivity index (χ2v) is 10.5. The van der Waals surface area contributed by atoms with Gasteiger partial charge in [-0.25, -0.2) is 9.78 Å². The minimum absolute atomic E-state index is 0.154. The molecule has 3 amide bonds. The number of aromatic nitrogens is 3. The Morgan fingerprint density at radius 1 is 0.791 bits per heavy atom. The molecule has 11 nitrogen and oxygen atoms in total. The first-order chi connectivity index (χ1) is 20.8. The fraction of sp³-hybridized carbons (Fsp3) is 0.281. The van der Waals surface area contributed by atoms with Crippen molar-refractivity contribution in [2.45, 2.75) is 6.92 Å². The molecule has 1 fully saturated rings. The summed E-state index contributed by atoms with van der Waals surface area (Å²) in [5.74, 6) is 1.61. The van der Waals surface area contributed by atoms with Crippen LogP contribution in [-0.2, 0) is 4.74 Å². The molecule has 0 radical (unpaired) electrons.